The van der Waals surface area contributed by atoms with Crippen molar-refractivity contribution < 1.29 is 5.11 Å². The second-order valence-corrected chi connectivity index (χ2v) is 4.43. The van der Waals surface area contributed by atoms with E-state index in [4.69, 9.17) is 5.11 Å². The fourth-order valence-corrected chi connectivity index (χ4v) is 2.26. The van der Waals surface area contributed by atoms with Gasteiger partial charge >= 0.3 is 0 Å². The zero-order valence-corrected chi connectivity index (χ0v) is 7.94. The van der Waals surface area contributed by atoms with Crippen molar-refractivity contribution in [3.8, 4) is 0 Å². The topological polar surface area (TPSA) is 23.5 Å². The Morgan fingerprint density at radius 3 is 2.64 bits per heavy atom. The van der Waals surface area contributed by atoms with Crippen LogP contribution in [0.1, 0.15) is 6.92 Å². The zero-order valence-electron chi connectivity index (χ0n) is 7.12. The Morgan fingerprint density at radius 1 is 1.45 bits per heavy atom. The summed E-state index contributed by atoms with van der Waals surface area (Å²) < 4.78 is 0. The third kappa shape index (κ3) is 3.45. The van der Waals surface area contributed by atoms with Gasteiger partial charge in [-0.3, -0.25) is 0 Å². The highest BCUT2D eigenvalue weighted by Gasteiger charge is 2.12. The second kappa shape index (κ2) is 5.01. The van der Waals surface area contributed by atoms with E-state index in [1.165, 1.54) is 24.6 Å². The molecule has 1 aliphatic rings. The summed E-state index contributed by atoms with van der Waals surface area (Å²) in [6, 6.07) is 0. The molecule has 0 bridgehead atoms. The molecule has 0 radical (unpaired) electrons. The van der Waals surface area contributed by atoms with E-state index in [1.54, 1.807) is 0 Å². The molecule has 0 unspecified atom stereocenters. The summed E-state index contributed by atoms with van der Waals surface area (Å²) in [7, 11) is 0. The van der Waals surface area contributed by atoms with Gasteiger partial charge in [0.1, 0.15) is 0 Å². The number of aliphatic hydroxyl groups is 1. The fourth-order valence-electron chi connectivity index (χ4n) is 1.28. The molecule has 1 rings (SSSR count). The Balaban J connectivity index is 2.13. The molecule has 66 valence electrons. The molecule has 0 aromatic heterocycles. The highest BCUT2D eigenvalue weighted by atomic mass is 32.2. The van der Waals surface area contributed by atoms with Crippen LogP contribution in [-0.2, 0) is 0 Å². The van der Waals surface area contributed by atoms with E-state index < -0.39 is 0 Å². The van der Waals surface area contributed by atoms with Crippen LogP contribution < -0.4 is 0 Å². The molecule has 1 fully saturated rings. The van der Waals surface area contributed by atoms with Gasteiger partial charge in [-0.1, -0.05) is 6.92 Å². The van der Waals surface area contributed by atoms with Crippen molar-refractivity contribution in [1.82, 2.24) is 4.90 Å². The summed E-state index contributed by atoms with van der Waals surface area (Å²) in [5.41, 5.74) is 0. The molecule has 0 saturated carbocycles. The van der Waals surface area contributed by atoms with Crippen LogP contribution in [0.4, 0.5) is 0 Å². The normalized spacial score (nSPS) is 23.5. The van der Waals surface area contributed by atoms with Crippen LogP contribution in [0, 0.1) is 5.92 Å². The molecule has 0 spiro atoms. The average molecular weight is 175 g/mol. The molecule has 3 heteroatoms. The van der Waals surface area contributed by atoms with E-state index in [-0.39, 0.29) is 0 Å². The van der Waals surface area contributed by atoms with Crippen LogP contribution in [0.15, 0.2) is 0 Å². The summed E-state index contributed by atoms with van der Waals surface area (Å²) in [6.45, 7) is 5.90. The first-order valence-electron chi connectivity index (χ1n) is 4.24. The first kappa shape index (κ1) is 9.36. The highest BCUT2D eigenvalue weighted by Crippen LogP contribution is 2.10. The van der Waals surface area contributed by atoms with E-state index in [1.807, 2.05) is 11.8 Å². The predicted octanol–water partition coefficient (Wildman–Crippen LogP) is 0.664. The lowest BCUT2D eigenvalue weighted by Gasteiger charge is -2.28. The van der Waals surface area contributed by atoms with Gasteiger partial charge in [-0.2, -0.15) is 11.8 Å². The quantitative estimate of drug-likeness (QED) is 0.682. The fraction of sp³-hybridized carbons (Fsp3) is 1.00. The molecule has 0 aliphatic carbocycles. The Hall–Kier alpha value is 0.270. The van der Waals surface area contributed by atoms with Crippen LogP contribution >= 0.6 is 11.8 Å². The molecule has 1 atom stereocenters. The van der Waals surface area contributed by atoms with Crippen molar-refractivity contribution in [2.24, 2.45) is 5.92 Å². The molecule has 2 nitrogen and oxygen atoms in total. The predicted molar refractivity (Wildman–Crippen MR) is 50.0 cm³/mol. The van der Waals surface area contributed by atoms with Crippen molar-refractivity contribution in [2.45, 2.75) is 6.92 Å². The maximum Gasteiger partial charge on any atom is 0.0468 e. The van der Waals surface area contributed by atoms with Crippen LogP contribution in [0.25, 0.3) is 0 Å². The maximum absolute atomic E-state index is 8.83. The van der Waals surface area contributed by atoms with Gasteiger partial charge in [-0.15, -0.1) is 0 Å². The van der Waals surface area contributed by atoms with Crippen molar-refractivity contribution in [1.29, 1.82) is 0 Å². The lowest BCUT2D eigenvalue weighted by molar-refractivity contribution is 0.181. The number of hydrogen-bond acceptors (Lipinski definition) is 3. The third-order valence-corrected chi connectivity index (χ3v) is 2.93. The summed E-state index contributed by atoms with van der Waals surface area (Å²) in [5.74, 6) is 2.97. The number of aliphatic hydroxyl groups excluding tert-OH is 1. The minimum Gasteiger partial charge on any atom is -0.396 e. The number of nitrogens with zero attached hydrogens (tertiary/aromatic N) is 1. The standard InChI is InChI=1S/C8H17NOS/c1-8(7-10)6-9-2-4-11-5-3-9/h8,10H,2-7H2,1H3/t8-/m1/s1. The van der Waals surface area contributed by atoms with Crippen molar-refractivity contribution in [3.63, 3.8) is 0 Å². The SMILES string of the molecule is C[C@@H](CO)CN1CCSCC1. The van der Waals surface area contributed by atoms with E-state index in [0.29, 0.717) is 12.5 Å². The summed E-state index contributed by atoms with van der Waals surface area (Å²) in [4.78, 5) is 2.44. The van der Waals surface area contributed by atoms with Crippen LogP contribution in [0.3, 0.4) is 0 Å². The number of thioether (sulfide) groups is 1. The highest BCUT2D eigenvalue weighted by molar-refractivity contribution is 7.99. The molecule has 0 aromatic carbocycles. The van der Waals surface area contributed by atoms with Crippen LogP contribution in [0.2, 0.25) is 0 Å². The minimum absolute atomic E-state index is 0.323. The van der Waals surface area contributed by atoms with Crippen molar-refractivity contribution in [2.75, 3.05) is 37.7 Å². The lowest BCUT2D eigenvalue weighted by atomic mass is 10.2. The Bertz CT molecular complexity index is 104. The van der Waals surface area contributed by atoms with Crippen LogP contribution in [0.5, 0.6) is 0 Å². The molecule has 1 aliphatic heterocycles. The smallest absolute Gasteiger partial charge is 0.0468 e. The lowest BCUT2D eigenvalue weighted by Crippen LogP contribution is -2.36. The summed E-state index contributed by atoms with van der Waals surface area (Å²) in [6.07, 6.45) is 0. The average Bonchev–Trinajstić information content (AvgIpc) is 2.06. The van der Waals surface area contributed by atoms with E-state index >= 15 is 0 Å². The number of hydrogen-bond donors (Lipinski definition) is 1. The van der Waals surface area contributed by atoms with Gasteiger partial charge in [-0.05, 0) is 5.92 Å². The molecular weight excluding hydrogens is 158 g/mol. The Kier molecular flexibility index (Phi) is 4.26. The minimum atomic E-state index is 0.323. The van der Waals surface area contributed by atoms with E-state index in [2.05, 4.69) is 11.8 Å². The summed E-state index contributed by atoms with van der Waals surface area (Å²) >= 11 is 2.03. The Morgan fingerprint density at radius 2 is 2.09 bits per heavy atom. The van der Waals surface area contributed by atoms with Gasteiger partial charge in [0.25, 0.3) is 0 Å². The molecule has 0 amide bonds. The van der Waals surface area contributed by atoms with E-state index in [0.717, 1.165) is 6.54 Å². The van der Waals surface area contributed by atoms with Gasteiger partial charge in [0.05, 0.1) is 0 Å². The van der Waals surface area contributed by atoms with Crippen molar-refractivity contribution in [3.05, 3.63) is 0 Å². The van der Waals surface area contributed by atoms with Gasteiger partial charge in [0, 0.05) is 37.7 Å². The monoisotopic (exact) mass is 175 g/mol. The number of rotatable bonds is 3. The molecular formula is C8H17NOS. The molecule has 1 heterocycles. The van der Waals surface area contributed by atoms with Gasteiger partial charge in [-0.25, -0.2) is 0 Å². The van der Waals surface area contributed by atoms with E-state index in [9.17, 15) is 0 Å². The first-order valence-corrected chi connectivity index (χ1v) is 5.39. The third-order valence-electron chi connectivity index (χ3n) is 1.99. The molecule has 1 saturated heterocycles. The molecule has 1 N–H and O–H groups in total. The maximum atomic E-state index is 8.83. The molecule has 0 aromatic rings. The second-order valence-electron chi connectivity index (χ2n) is 3.20. The zero-order chi connectivity index (χ0) is 8.10. The Labute approximate surface area is 73.0 Å². The van der Waals surface area contributed by atoms with Crippen molar-refractivity contribution >= 4 is 11.8 Å². The van der Waals surface area contributed by atoms with Crippen LogP contribution in [-0.4, -0.2) is 47.8 Å². The summed E-state index contributed by atoms with van der Waals surface area (Å²) in [5, 5.41) is 8.83. The largest absolute Gasteiger partial charge is 0.396 e. The van der Waals surface area contributed by atoms with Gasteiger partial charge in [0.15, 0.2) is 0 Å². The molecule has 11 heavy (non-hydrogen) atoms. The van der Waals surface area contributed by atoms with Gasteiger partial charge < -0.3 is 10.0 Å². The van der Waals surface area contributed by atoms with Gasteiger partial charge in [0.2, 0.25) is 0 Å². The first-order chi connectivity index (χ1) is 5.33.